The lowest BCUT2D eigenvalue weighted by molar-refractivity contribution is -0.126. The molecule has 2 N–H and O–H groups in total. The SMILES string of the molecule is CCc1cccc(C)c1NC(=O)CC(=O)NCCC(C)C. The number of rotatable bonds is 7. The smallest absolute Gasteiger partial charge is 0.233 e. The van der Waals surface area contributed by atoms with Crippen LogP contribution in [0.15, 0.2) is 18.2 Å². The summed E-state index contributed by atoms with van der Waals surface area (Å²) in [5.41, 5.74) is 2.94. The summed E-state index contributed by atoms with van der Waals surface area (Å²) in [6, 6.07) is 5.92. The summed E-state index contributed by atoms with van der Waals surface area (Å²) in [4.78, 5) is 23.7. The second kappa shape index (κ2) is 8.45. The summed E-state index contributed by atoms with van der Waals surface area (Å²) in [6.45, 7) is 8.82. The van der Waals surface area contributed by atoms with E-state index in [2.05, 4.69) is 24.5 Å². The van der Waals surface area contributed by atoms with Gasteiger partial charge in [-0.3, -0.25) is 9.59 Å². The Kier molecular flexibility index (Phi) is 6.92. The average molecular weight is 290 g/mol. The lowest BCUT2D eigenvalue weighted by Crippen LogP contribution is -2.29. The van der Waals surface area contributed by atoms with E-state index >= 15 is 0 Å². The van der Waals surface area contributed by atoms with Crippen LogP contribution in [0.1, 0.15) is 44.7 Å². The van der Waals surface area contributed by atoms with Crippen LogP contribution in [-0.4, -0.2) is 18.4 Å². The van der Waals surface area contributed by atoms with E-state index < -0.39 is 0 Å². The monoisotopic (exact) mass is 290 g/mol. The first-order valence-corrected chi connectivity index (χ1v) is 7.59. The number of para-hydroxylation sites is 1. The predicted molar refractivity (Wildman–Crippen MR) is 86.3 cm³/mol. The Hall–Kier alpha value is -1.84. The molecule has 4 nitrogen and oxygen atoms in total. The van der Waals surface area contributed by atoms with Gasteiger partial charge in [-0.2, -0.15) is 0 Å². The predicted octanol–water partition coefficient (Wildman–Crippen LogP) is 3.05. The highest BCUT2D eigenvalue weighted by Gasteiger charge is 2.12. The Morgan fingerprint density at radius 3 is 2.52 bits per heavy atom. The molecule has 0 aliphatic rings. The van der Waals surface area contributed by atoms with Gasteiger partial charge in [0.1, 0.15) is 6.42 Å². The van der Waals surface area contributed by atoms with Crippen molar-refractivity contribution in [3.63, 3.8) is 0 Å². The van der Waals surface area contributed by atoms with E-state index in [0.29, 0.717) is 12.5 Å². The summed E-state index contributed by atoms with van der Waals surface area (Å²) < 4.78 is 0. The molecule has 1 rings (SSSR count). The van der Waals surface area contributed by atoms with Gasteiger partial charge in [-0.1, -0.05) is 39.0 Å². The fraction of sp³-hybridized carbons (Fsp3) is 0.529. The van der Waals surface area contributed by atoms with Crippen LogP contribution >= 0.6 is 0 Å². The van der Waals surface area contributed by atoms with E-state index in [1.807, 2.05) is 32.0 Å². The van der Waals surface area contributed by atoms with E-state index in [1.165, 1.54) is 0 Å². The maximum atomic E-state index is 12.0. The molecular formula is C17H26N2O2. The first kappa shape index (κ1) is 17.2. The molecular weight excluding hydrogens is 264 g/mol. The number of aryl methyl sites for hydroxylation is 2. The van der Waals surface area contributed by atoms with Gasteiger partial charge in [-0.25, -0.2) is 0 Å². The van der Waals surface area contributed by atoms with Crippen LogP contribution in [0.25, 0.3) is 0 Å². The molecule has 0 saturated heterocycles. The van der Waals surface area contributed by atoms with Crippen LogP contribution in [-0.2, 0) is 16.0 Å². The van der Waals surface area contributed by atoms with Gasteiger partial charge in [-0.15, -0.1) is 0 Å². The molecule has 0 fully saturated rings. The van der Waals surface area contributed by atoms with Crippen LogP contribution in [0.4, 0.5) is 5.69 Å². The topological polar surface area (TPSA) is 58.2 Å². The van der Waals surface area contributed by atoms with Crippen molar-refractivity contribution in [1.82, 2.24) is 5.32 Å². The van der Waals surface area contributed by atoms with Crippen molar-refractivity contribution in [2.45, 2.75) is 47.0 Å². The van der Waals surface area contributed by atoms with E-state index in [0.717, 1.165) is 29.7 Å². The molecule has 0 saturated carbocycles. The van der Waals surface area contributed by atoms with Gasteiger partial charge in [0, 0.05) is 12.2 Å². The first-order valence-electron chi connectivity index (χ1n) is 7.59. The van der Waals surface area contributed by atoms with Crippen molar-refractivity contribution < 1.29 is 9.59 Å². The summed E-state index contributed by atoms with van der Waals surface area (Å²) in [5.74, 6) is 0.0547. The molecule has 0 bridgehead atoms. The van der Waals surface area contributed by atoms with Crippen LogP contribution in [0, 0.1) is 12.8 Å². The van der Waals surface area contributed by atoms with Crippen LogP contribution in [0.3, 0.4) is 0 Å². The molecule has 0 unspecified atom stereocenters. The maximum Gasteiger partial charge on any atom is 0.233 e. The van der Waals surface area contributed by atoms with Crippen molar-refractivity contribution in [3.05, 3.63) is 29.3 Å². The zero-order valence-corrected chi connectivity index (χ0v) is 13.5. The van der Waals surface area contributed by atoms with Crippen molar-refractivity contribution in [2.24, 2.45) is 5.92 Å². The molecule has 0 spiro atoms. The van der Waals surface area contributed by atoms with Gasteiger partial charge in [0.15, 0.2) is 0 Å². The van der Waals surface area contributed by atoms with E-state index in [4.69, 9.17) is 0 Å². The van der Waals surface area contributed by atoms with Crippen molar-refractivity contribution in [1.29, 1.82) is 0 Å². The van der Waals surface area contributed by atoms with E-state index in [-0.39, 0.29) is 18.2 Å². The quantitative estimate of drug-likeness (QED) is 0.758. The highest BCUT2D eigenvalue weighted by Crippen LogP contribution is 2.21. The Morgan fingerprint density at radius 1 is 1.19 bits per heavy atom. The van der Waals surface area contributed by atoms with Crippen LogP contribution in [0.2, 0.25) is 0 Å². The number of benzene rings is 1. The Balaban J connectivity index is 2.52. The lowest BCUT2D eigenvalue weighted by atomic mass is 10.1. The number of carbonyl (C=O) groups is 2. The average Bonchev–Trinajstić information content (AvgIpc) is 2.40. The molecule has 0 radical (unpaired) electrons. The fourth-order valence-corrected chi connectivity index (χ4v) is 2.09. The lowest BCUT2D eigenvalue weighted by Gasteiger charge is -2.13. The van der Waals surface area contributed by atoms with Gasteiger partial charge >= 0.3 is 0 Å². The second-order valence-electron chi connectivity index (χ2n) is 5.72. The zero-order chi connectivity index (χ0) is 15.8. The molecule has 0 aliphatic heterocycles. The third kappa shape index (κ3) is 5.98. The molecule has 116 valence electrons. The molecule has 4 heteroatoms. The van der Waals surface area contributed by atoms with Crippen molar-refractivity contribution in [3.8, 4) is 0 Å². The summed E-state index contributed by atoms with van der Waals surface area (Å²) >= 11 is 0. The number of nitrogens with one attached hydrogen (secondary N) is 2. The zero-order valence-electron chi connectivity index (χ0n) is 13.5. The van der Waals surface area contributed by atoms with Gasteiger partial charge in [0.25, 0.3) is 0 Å². The van der Waals surface area contributed by atoms with Crippen molar-refractivity contribution in [2.75, 3.05) is 11.9 Å². The number of hydrogen-bond donors (Lipinski definition) is 2. The highest BCUT2D eigenvalue weighted by atomic mass is 16.2. The molecule has 21 heavy (non-hydrogen) atoms. The Morgan fingerprint density at radius 2 is 1.90 bits per heavy atom. The standard InChI is InChI=1S/C17H26N2O2/c1-5-14-8-6-7-13(4)17(14)19-16(21)11-15(20)18-10-9-12(2)3/h6-8,12H,5,9-11H2,1-4H3,(H,18,20)(H,19,21). The Bertz CT molecular complexity index is 496. The van der Waals surface area contributed by atoms with Gasteiger partial charge < -0.3 is 10.6 Å². The minimum Gasteiger partial charge on any atom is -0.356 e. The molecule has 0 atom stereocenters. The summed E-state index contributed by atoms with van der Waals surface area (Å²) in [7, 11) is 0. The summed E-state index contributed by atoms with van der Waals surface area (Å²) in [6.07, 6.45) is 1.64. The first-order chi connectivity index (χ1) is 9.93. The van der Waals surface area contributed by atoms with Crippen molar-refractivity contribution >= 4 is 17.5 Å². The molecule has 0 aromatic heterocycles. The van der Waals surface area contributed by atoms with Crippen LogP contribution < -0.4 is 10.6 Å². The number of amides is 2. The fourth-order valence-electron chi connectivity index (χ4n) is 2.09. The van der Waals surface area contributed by atoms with Gasteiger partial charge in [0.05, 0.1) is 0 Å². The van der Waals surface area contributed by atoms with E-state index in [1.54, 1.807) is 0 Å². The number of carbonyl (C=O) groups excluding carboxylic acids is 2. The van der Waals surface area contributed by atoms with E-state index in [9.17, 15) is 9.59 Å². The number of hydrogen-bond acceptors (Lipinski definition) is 2. The molecule has 0 heterocycles. The maximum absolute atomic E-state index is 12.0. The molecule has 1 aromatic carbocycles. The normalized spacial score (nSPS) is 10.5. The largest absolute Gasteiger partial charge is 0.356 e. The third-order valence-electron chi connectivity index (χ3n) is 3.37. The molecule has 1 aromatic rings. The van der Waals surface area contributed by atoms with Gasteiger partial charge in [-0.05, 0) is 36.8 Å². The molecule has 2 amide bonds. The minimum atomic E-state index is -0.263. The Labute approximate surface area is 127 Å². The molecule has 0 aliphatic carbocycles. The van der Waals surface area contributed by atoms with Crippen LogP contribution in [0.5, 0.6) is 0 Å². The highest BCUT2D eigenvalue weighted by molar-refractivity contribution is 6.04. The second-order valence-corrected chi connectivity index (χ2v) is 5.72. The van der Waals surface area contributed by atoms with Gasteiger partial charge in [0.2, 0.25) is 11.8 Å². The summed E-state index contributed by atoms with van der Waals surface area (Å²) in [5, 5.41) is 5.63. The third-order valence-corrected chi connectivity index (χ3v) is 3.37. The minimum absolute atomic E-state index is 0.129. The number of anilines is 1.